The lowest BCUT2D eigenvalue weighted by atomic mass is 9.88. The predicted octanol–water partition coefficient (Wildman–Crippen LogP) is 2.33. The maximum absolute atomic E-state index is 12.8. The Bertz CT molecular complexity index is 832. The van der Waals surface area contributed by atoms with E-state index in [2.05, 4.69) is 31.3 Å². The minimum atomic E-state index is -0.0319. The number of ether oxygens (including phenoxy) is 2. The van der Waals surface area contributed by atoms with Gasteiger partial charge in [0, 0.05) is 17.5 Å². The molecule has 0 aliphatic carbocycles. The summed E-state index contributed by atoms with van der Waals surface area (Å²) in [4.78, 5) is 14.2. The zero-order valence-corrected chi connectivity index (χ0v) is 17.5. The van der Waals surface area contributed by atoms with Crippen LogP contribution in [0.25, 0.3) is 0 Å². The lowest BCUT2D eigenvalue weighted by molar-refractivity contribution is -0.933. The Morgan fingerprint density at radius 1 is 1.18 bits per heavy atom. The second-order valence-electron chi connectivity index (χ2n) is 7.52. The number of amides is 1. The number of fused-ring (bicyclic) bond motifs is 1. The number of carbonyl (C=O) groups excluding carboxylic acids is 1. The predicted molar refractivity (Wildman–Crippen MR) is 110 cm³/mol. The van der Waals surface area contributed by atoms with E-state index >= 15 is 0 Å². The molecule has 1 aliphatic heterocycles. The number of nitrogens with one attached hydrogen (secondary N) is 2. The average molecular weight is 384 g/mol. The Balaban J connectivity index is 1.90. The number of benzene rings is 2. The number of quaternary nitrogens is 1. The van der Waals surface area contributed by atoms with E-state index in [1.807, 2.05) is 31.2 Å². The largest absolute Gasteiger partial charge is 0.493 e. The SMILES string of the molecule is CC[NH+]1CCc2cc(OC)c(OC)cc2[C@@H]1[C@@H](C)NC(=O)c1ccc(C)cc1. The number of aryl methyl sites for hydroxylation is 1. The van der Waals surface area contributed by atoms with E-state index in [1.54, 1.807) is 14.2 Å². The van der Waals surface area contributed by atoms with Gasteiger partial charge in [0.1, 0.15) is 6.04 Å². The topological polar surface area (TPSA) is 52.0 Å². The zero-order chi connectivity index (χ0) is 20.3. The monoisotopic (exact) mass is 383 g/mol. The molecule has 5 heteroatoms. The Labute approximate surface area is 167 Å². The van der Waals surface area contributed by atoms with Crippen LogP contribution in [0.3, 0.4) is 0 Å². The van der Waals surface area contributed by atoms with Crippen molar-refractivity contribution in [2.45, 2.75) is 39.3 Å². The highest BCUT2D eigenvalue weighted by atomic mass is 16.5. The maximum Gasteiger partial charge on any atom is 0.251 e. The summed E-state index contributed by atoms with van der Waals surface area (Å²) in [6, 6.07) is 12.0. The minimum Gasteiger partial charge on any atom is -0.493 e. The lowest BCUT2D eigenvalue weighted by Crippen LogP contribution is -3.14. The Morgan fingerprint density at radius 3 is 2.43 bits per heavy atom. The first kappa shape index (κ1) is 20.2. The van der Waals surface area contributed by atoms with Crippen molar-refractivity contribution in [3.63, 3.8) is 0 Å². The van der Waals surface area contributed by atoms with Crippen molar-refractivity contribution >= 4 is 5.91 Å². The van der Waals surface area contributed by atoms with Crippen LogP contribution < -0.4 is 19.7 Å². The third-order valence-electron chi connectivity index (χ3n) is 5.76. The number of rotatable bonds is 6. The third kappa shape index (κ3) is 3.99. The summed E-state index contributed by atoms with van der Waals surface area (Å²) in [5.41, 5.74) is 4.35. The summed E-state index contributed by atoms with van der Waals surface area (Å²) >= 11 is 0. The average Bonchev–Trinajstić information content (AvgIpc) is 2.71. The van der Waals surface area contributed by atoms with Crippen molar-refractivity contribution in [3.05, 3.63) is 58.7 Å². The van der Waals surface area contributed by atoms with Crippen LogP contribution in [0.4, 0.5) is 0 Å². The van der Waals surface area contributed by atoms with Gasteiger partial charge in [0.25, 0.3) is 5.91 Å². The highest BCUT2D eigenvalue weighted by molar-refractivity contribution is 5.94. The molecule has 0 saturated heterocycles. The number of methoxy groups -OCH3 is 2. The van der Waals surface area contributed by atoms with Crippen molar-refractivity contribution in [3.8, 4) is 11.5 Å². The number of likely N-dealkylation sites (N-methyl/N-ethyl adjacent to an activating group) is 1. The normalized spacial score (nSPS) is 19.5. The van der Waals surface area contributed by atoms with Crippen LogP contribution >= 0.6 is 0 Å². The van der Waals surface area contributed by atoms with Gasteiger partial charge in [0.05, 0.1) is 33.4 Å². The molecule has 28 heavy (non-hydrogen) atoms. The standard InChI is InChI=1S/C23H30N2O3/c1-6-25-12-11-18-13-20(27-4)21(28-5)14-19(18)22(25)16(3)24-23(26)17-9-7-15(2)8-10-17/h7-10,13-14,16,22H,6,11-12H2,1-5H3,(H,24,26)/p+1/t16-,22+/m1/s1. The van der Waals surface area contributed by atoms with Crippen LogP contribution in [-0.4, -0.2) is 39.3 Å². The van der Waals surface area contributed by atoms with Gasteiger partial charge in [-0.15, -0.1) is 0 Å². The Morgan fingerprint density at radius 2 is 1.82 bits per heavy atom. The van der Waals surface area contributed by atoms with Gasteiger partial charge in [-0.05, 0) is 50.6 Å². The second kappa shape index (κ2) is 8.65. The zero-order valence-electron chi connectivity index (χ0n) is 17.5. The summed E-state index contributed by atoms with van der Waals surface area (Å²) in [5.74, 6) is 1.47. The van der Waals surface area contributed by atoms with Crippen molar-refractivity contribution < 1.29 is 19.2 Å². The summed E-state index contributed by atoms with van der Waals surface area (Å²) in [5, 5.41) is 3.22. The molecule has 1 unspecified atom stereocenters. The molecule has 0 fully saturated rings. The lowest BCUT2D eigenvalue weighted by Gasteiger charge is -2.37. The number of hydrogen-bond acceptors (Lipinski definition) is 3. The molecule has 0 saturated carbocycles. The smallest absolute Gasteiger partial charge is 0.251 e. The number of hydrogen-bond donors (Lipinski definition) is 2. The maximum atomic E-state index is 12.8. The Kier molecular flexibility index (Phi) is 6.25. The first-order valence-corrected chi connectivity index (χ1v) is 9.95. The van der Waals surface area contributed by atoms with E-state index in [0.717, 1.165) is 36.6 Å². The fraction of sp³-hybridized carbons (Fsp3) is 0.435. The highest BCUT2D eigenvalue weighted by Crippen LogP contribution is 2.35. The van der Waals surface area contributed by atoms with E-state index in [4.69, 9.17) is 9.47 Å². The summed E-state index contributed by atoms with van der Waals surface area (Å²) in [6.45, 7) is 8.35. The van der Waals surface area contributed by atoms with Crippen LogP contribution in [0, 0.1) is 6.92 Å². The molecule has 2 aromatic carbocycles. The first-order valence-electron chi connectivity index (χ1n) is 9.95. The van der Waals surface area contributed by atoms with Crippen LogP contribution in [0.15, 0.2) is 36.4 Å². The third-order valence-corrected chi connectivity index (χ3v) is 5.76. The van der Waals surface area contributed by atoms with Crippen LogP contribution in [-0.2, 0) is 6.42 Å². The fourth-order valence-electron chi connectivity index (χ4n) is 4.21. The molecule has 0 spiro atoms. The van der Waals surface area contributed by atoms with Gasteiger partial charge in [-0.3, -0.25) is 4.79 Å². The molecule has 1 amide bonds. The summed E-state index contributed by atoms with van der Waals surface area (Å²) in [7, 11) is 3.33. The van der Waals surface area contributed by atoms with Gasteiger partial charge in [-0.1, -0.05) is 17.7 Å². The quantitative estimate of drug-likeness (QED) is 0.805. The van der Waals surface area contributed by atoms with E-state index in [1.165, 1.54) is 16.0 Å². The molecule has 2 N–H and O–H groups in total. The molecule has 3 atom stereocenters. The van der Waals surface area contributed by atoms with E-state index in [9.17, 15) is 4.79 Å². The molecule has 2 aromatic rings. The van der Waals surface area contributed by atoms with Crippen LogP contribution in [0.2, 0.25) is 0 Å². The van der Waals surface area contributed by atoms with E-state index in [0.29, 0.717) is 5.56 Å². The Hall–Kier alpha value is -2.53. The first-order chi connectivity index (χ1) is 13.5. The van der Waals surface area contributed by atoms with E-state index in [-0.39, 0.29) is 18.0 Å². The molecule has 0 radical (unpaired) electrons. The van der Waals surface area contributed by atoms with Gasteiger partial charge in [-0.2, -0.15) is 0 Å². The molecule has 1 heterocycles. The molecule has 0 bridgehead atoms. The number of carbonyl (C=O) groups is 1. The molecular formula is C23H31N2O3+. The van der Waals surface area contributed by atoms with Crippen molar-refractivity contribution in [1.82, 2.24) is 5.32 Å². The molecule has 150 valence electrons. The minimum absolute atomic E-state index is 0.0131. The molecule has 5 nitrogen and oxygen atoms in total. The van der Waals surface area contributed by atoms with Gasteiger partial charge in [0.2, 0.25) is 0 Å². The van der Waals surface area contributed by atoms with Crippen molar-refractivity contribution in [1.29, 1.82) is 0 Å². The molecular weight excluding hydrogens is 352 g/mol. The second-order valence-corrected chi connectivity index (χ2v) is 7.52. The van der Waals surface area contributed by atoms with Gasteiger partial charge in [0.15, 0.2) is 11.5 Å². The molecule has 3 rings (SSSR count). The summed E-state index contributed by atoms with van der Waals surface area (Å²) in [6.07, 6.45) is 0.994. The fourth-order valence-corrected chi connectivity index (χ4v) is 4.21. The highest BCUT2D eigenvalue weighted by Gasteiger charge is 2.36. The van der Waals surface area contributed by atoms with E-state index < -0.39 is 0 Å². The van der Waals surface area contributed by atoms with Gasteiger partial charge in [-0.25, -0.2) is 0 Å². The van der Waals surface area contributed by atoms with Crippen molar-refractivity contribution in [2.75, 3.05) is 27.3 Å². The molecule has 0 aromatic heterocycles. The van der Waals surface area contributed by atoms with Crippen molar-refractivity contribution in [2.24, 2.45) is 0 Å². The molecule has 1 aliphatic rings. The summed E-state index contributed by atoms with van der Waals surface area (Å²) < 4.78 is 11.0. The van der Waals surface area contributed by atoms with Crippen LogP contribution in [0.5, 0.6) is 11.5 Å². The van der Waals surface area contributed by atoms with Crippen LogP contribution in [0.1, 0.15) is 46.9 Å². The van der Waals surface area contributed by atoms with Gasteiger partial charge < -0.3 is 19.7 Å². The van der Waals surface area contributed by atoms with Gasteiger partial charge >= 0.3 is 0 Å².